The van der Waals surface area contributed by atoms with Crippen LogP contribution >= 0.6 is 0 Å². The molecule has 1 saturated heterocycles. The third-order valence-corrected chi connectivity index (χ3v) is 7.41. The van der Waals surface area contributed by atoms with E-state index in [4.69, 9.17) is 5.73 Å². The van der Waals surface area contributed by atoms with Gasteiger partial charge in [0.15, 0.2) is 0 Å². The minimum absolute atomic E-state index is 0.0711. The van der Waals surface area contributed by atoms with Crippen molar-refractivity contribution >= 4 is 11.0 Å². The molecule has 0 atom stereocenters. The molecule has 1 aromatic heterocycles. The van der Waals surface area contributed by atoms with E-state index in [1.165, 1.54) is 25.7 Å². The van der Waals surface area contributed by atoms with Gasteiger partial charge in [0.1, 0.15) is 0 Å². The van der Waals surface area contributed by atoms with E-state index in [0.717, 1.165) is 43.6 Å². The van der Waals surface area contributed by atoms with Gasteiger partial charge in [-0.2, -0.15) is 0 Å². The Labute approximate surface area is 178 Å². The number of imidazole rings is 1. The van der Waals surface area contributed by atoms with Crippen molar-refractivity contribution in [1.29, 1.82) is 0 Å². The predicted molar refractivity (Wildman–Crippen MR) is 122 cm³/mol. The molecule has 5 heteroatoms. The van der Waals surface area contributed by atoms with Crippen molar-refractivity contribution in [3.8, 4) is 0 Å². The van der Waals surface area contributed by atoms with Crippen molar-refractivity contribution in [2.45, 2.75) is 50.6 Å². The van der Waals surface area contributed by atoms with Gasteiger partial charge in [0.25, 0.3) is 0 Å². The van der Waals surface area contributed by atoms with Gasteiger partial charge in [-0.1, -0.05) is 36.4 Å². The molecule has 2 aliphatic rings. The van der Waals surface area contributed by atoms with E-state index in [-0.39, 0.29) is 5.69 Å². The standard InChI is InChI=1S/C25H32N4O/c26-14-19-29-23-9-4-3-8-22(23)28(24(29)30)16-5-15-27-17-12-25(13-18-27)11-10-20-6-1-2-7-21(20)25/h1-4,6-9H,5,10-19,26H2. The Bertz CT molecular complexity index is 1090. The minimum Gasteiger partial charge on any atom is -0.329 e. The fourth-order valence-corrected chi connectivity index (χ4v) is 5.77. The Hall–Kier alpha value is -2.37. The molecule has 2 aromatic carbocycles. The van der Waals surface area contributed by atoms with E-state index in [2.05, 4.69) is 29.2 Å². The number of piperidine rings is 1. The first kappa shape index (κ1) is 19.6. The van der Waals surface area contributed by atoms with Crippen LogP contribution in [0.5, 0.6) is 0 Å². The zero-order chi connectivity index (χ0) is 20.6. The highest BCUT2D eigenvalue weighted by molar-refractivity contribution is 5.75. The average Bonchev–Trinajstić information content (AvgIpc) is 3.27. The number of rotatable bonds is 6. The van der Waals surface area contributed by atoms with Crippen LogP contribution in [0.4, 0.5) is 0 Å². The number of nitrogens with zero attached hydrogens (tertiary/aromatic N) is 3. The summed E-state index contributed by atoms with van der Waals surface area (Å²) in [4.78, 5) is 15.5. The number of nitrogens with two attached hydrogens (primary N) is 1. The van der Waals surface area contributed by atoms with Crippen LogP contribution in [0.15, 0.2) is 53.3 Å². The van der Waals surface area contributed by atoms with E-state index in [1.807, 2.05) is 33.4 Å². The fourth-order valence-electron chi connectivity index (χ4n) is 5.77. The Morgan fingerprint density at radius 1 is 0.833 bits per heavy atom. The lowest BCUT2D eigenvalue weighted by Gasteiger charge is -2.40. The second kappa shape index (κ2) is 8.05. The summed E-state index contributed by atoms with van der Waals surface area (Å²) < 4.78 is 3.75. The molecule has 2 heterocycles. The number of hydrogen-bond donors (Lipinski definition) is 1. The summed E-state index contributed by atoms with van der Waals surface area (Å²) in [6.45, 7) is 5.20. The Kier molecular flexibility index (Phi) is 5.25. The van der Waals surface area contributed by atoms with E-state index in [0.29, 0.717) is 18.5 Å². The Balaban J connectivity index is 1.22. The predicted octanol–water partition coefficient (Wildman–Crippen LogP) is 3.13. The van der Waals surface area contributed by atoms with Gasteiger partial charge in [-0.05, 0) is 80.4 Å². The molecule has 1 fully saturated rings. The van der Waals surface area contributed by atoms with Crippen LogP contribution < -0.4 is 11.4 Å². The third-order valence-electron chi connectivity index (χ3n) is 7.41. The second-order valence-corrected chi connectivity index (χ2v) is 9.00. The lowest BCUT2D eigenvalue weighted by Crippen LogP contribution is -2.42. The summed E-state index contributed by atoms with van der Waals surface area (Å²) in [5, 5.41) is 0. The van der Waals surface area contributed by atoms with Crippen molar-refractivity contribution < 1.29 is 0 Å². The van der Waals surface area contributed by atoms with Crippen LogP contribution in [0.2, 0.25) is 0 Å². The fraction of sp³-hybridized carbons (Fsp3) is 0.480. The van der Waals surface area contributed by atoms with Gasteiger partial charge in [-0.15, -0.1) is 0 Å². The van der Waals surface area contributed by atoms with E-state index < -0.39 is 0 Å². The van der Waals surface area contributed by atoms with Crippen molar-refractivity contribution in [2.24, 2.45) is 5.73 Å². The maximum Gasteiger partial charge on any atom is 0.329 e. The lowest BCUT2D eigenvalue weighted by molar-refractivity contribution is 0.155. The molecule has 1 aliphatic carbocycles. The molecule has 2 N–H and O–H groups in total. The molecule has 0 amide bonds. The van der Waals surface area contributed by atoms with Gasteiger partial charge in [0.05, 0.1) is 11.0 Å². The quantitative estimate of drug-likeness (QED) is 0.687. The Morgan fingerprint density at radius 2 is 1.50 bits per heavy atom. The van der Waals surface area contributed by atoms with Gasteiger partial charge in [0.2, 0.25) is 0 Å². The molecular weight excluding hydrogens is 372 g/mol. The summed E-state index contributed by atoms with van der Waals surface area (Å²) in [6, 6.07) is 17.1. The number of para-hydroxylation sites is 2. The second-order valence-electron chi connectivity index (χ2n) is 9.00. The van der Waals surface area contributed by atoms with Crippen LogP contribution in [0.3, 0.4) is 0 Å². The number of aromatic nitrogens is 2. The van der Waals surface area contributed by atoms with Crippen molar-refractivity contribution in [3.05, 3.63) is 70.1 Å². The molecule has 3 aromatic rings. The first-order valence-electron chi connectivity index (χ1n) is 11.4. The number of likely N-dealkylation sites (tertiary alicyclic amines) is 1. The number of aryl methyl sites for hydroxylation is 2. The molecule has 0 bridgehead atoms. The smallest absolute Gasteiger partial charge is 0.329 e. The van der Waals surface area contributed by atoms with Crippen molar-refractivity contribution in [1.82, 2.24) is 14.0 Å². The third kappa shape index (κ3) is 3.30. The molecular formula is C25H32N4O. The summed E-state index contributed by atoms with van der Waals surface area (Å²) in [6.07, 6.45) is 6.09. The highest BCUT2D eigenvalue weighted by atomic mass is 16.1. The Morgan fingerprint density at radius 3 is 2.23 bits per heavy atom. The van der Waals surface area contributed by atoms with Crippen LogP contribution in [-0.4, -0.2) is 40.2 Å². The van der Waals surface area contributed by atoms with Crippen LogP contribution in [-0.2, 0) is 24.9 Å². The maximum absolute atomic E-state index is 12.9. The van der Waals surface area contributed by atoms with Gasteiger partial charge < -0.3 is 10.6 Å². The summed E-state index contributed by atoms with van der Waals surface area (Å²) >= 11 is 0. The van der Waals surface area contributed by atoms with Gasteiger partial charge in [-0.25, -0.2) is 4.79 Å². The van der Waals surface area contributed by atoms with Crippen LogP contribution in [0.1, 0.15) is 36.8 Å². The largest absolute Gasteiger partial charge is 0.329 e. The van der Waals surface area contributed by atoms with Crippen molar-refractivity contribution in [3.63, 3.8) is 0 Å². The summed E-state index contributed by atoms with van der Waals surface area (Å²) in [7, 11) is 0. The molecule has 1 aliphatic heterocycles. The SMILES string of the molecule is NCCn1c(=O)n(CCCN2CCC3(CCc4ccccc43)CC2)c2ccccc21. The van der Waals surface area contributed by atoms with Crippen LogP contribution in [0, 0.1) is 0 Å². The summed E-state index contributed by atoms with van der Waals surface area (Å²) in [5.74, 6) is 0. The van der Waals surface area contributed by atoms with Gasteiger partial charge in [0, 0.05) is 19.6 Å². The molecule has 0 saturated carbocycles. The molecule has 158 valence electrons. The topological polar surface area (TPSA) is 56.2 Å². The lowest BCUT2D eigenvalue weighted by atomic mass is 9.74. The summed E-state index contributed by atoms with van der Waals surface area (Å²) in [5.41, 5.74) is 11.4. The normalized spacial score (nSPS) is 18.3. The molecule has 30 heavy (non-hydrogen) atoms. The van der Waals surface area contributed by atoms with E-state index >= 15 is 0 Å². The van der Waals surface area contributed by atoms with Gasteiger partial charge in [-0.3, -0.25) is 9.13 Å². The number of hydrogen-bond acceptors (Lipinski definition) is 3. The number of benzene rings is 2. The molecule has 1 spiro atoms. The minimum atomic E-state index is 0.0711. The van der Waals surface area contributed by atoms with E-state index in [1.54, 1.807) is 11.1 Å². The average molecular weight is 405 g/mol. The van der Waals surface area contributed by atoms with Crippen LogP contribution in [0.25, 0.3) is 11.0 Å². The highest BCUT2D eigenvalue weighted by Gasteiger charge is 2.40. The van der Waals surface area contributed by atoms with Gasteiger partial charge >= 0.3 is 5.69 Å². The zero-order valence-electron chi connectivity index (χ0n) is 17.7. The molecule has 5 rings (SSSR count). The monoisotopic (exact) mass is 404 g/mol. The highest BCUT2D eigenvalue weighted by Crippen LogP contribution is 2.46. The number of fused-ring (bicyclic) bond motifs is 3. The maximum atomic E-state index is 12.9. The first-order chi connectivity index (χ1) is 14.7. The first-order valence-corrected chi connectivity index (χ1v) is 11.4. The van der Waals surface area contributed by atoms with E-state index in [9.17, 15) is 4.79 Å². The molecule has 5 nitrogen and oxygen atoms in total. The van der Waals surface area contributed by atoms with Crippen molar-refractivity contribution in [2.75, 3.05) is 26.2 Å². The molecule has 0 unspecified atom stereocenters. The molecule has 0 radical (unpaired) electrons. The zero-order valence-corrected chi connectivity index (χ0v) is 17.7.